The molecule has 15 heavy (non-hydrogen) atoms. The van der Waals surface area contributed by atoms with Crippen LogP contribution in [0.2, 0.25) is 0 Å². The van der Waals surface area contributed by atoms with Crippen molar-refractivity contribution in [3.05, 3.63) is 0 Å². The van der Waals surface area contributed by atoms with Crippen molar-refractivity contribution in [1.29, 1.82) is 0 Å². The minimum absolute atomic E-state index is 0. The molecule has 1 N–H and O–H groups in total. The van der Waals surface area contributed by atoms with Gasteiger partial charge in [-0.2, -0.15) is 34.8 Å². The number of hydrogen-bond acceptors (Lipinski definition) is 3. The van der Waals surface area contributed by atoms with Gasteiger partial charge in [0.2, 0.25) is 0 Å². The number of sulfonamides is 1. The van der Waals surface area contributed by atoms with Crippen molar-refractivity contribution in [2.75, 3.05) is 0 Å². The molecule has 0 atom stereocenters. The van der Waals surface area contributed by atoms with Crippen LogP contribution in [0.3, 0.4) is 0 Å². The minimum atomic E-state index is -6.30. The van der Waals surface area contributed by atoms with E-state index in [1.165, 1.54) is 0 Å². The first kappa shape index (κ1) is 17.0. The monoisotopic (exact) mass is 253 g/mol. The summed E-state index contributed by atoms with van der Waals surface area (Å²) in [6.45, 7) is 0. The zero-order valence-electron chi connectivity index (χ0n) is 5.90. The number of hydrogen-bond donors (Lipinski definition) is 1. The molecule has 86 valence electrons. The van der Waals surface area contributed by atoms with E-state index < -0.39 is 27.6 Å². The molecule has 0 fully saturated rings. The van der Waals surface area contributed by atoms with Crippen molar-refractivity contribution in [2.24, 2.45) is 0 Å². The van der Waals surface area contributed by atoms with Crippen molar-refractivity contribution in [1.82, 2.24) is 4.72 Å². The van der Waals surface area contributed by atoms with Crippen molar-refractivity contribution < 1.29 is 39.6 Å². The average molecular weight is 253 g/mol. The summed E-state index contributed by atoms with van der Waals surface area (Å²) in [5.41, 5.74) is -5.96. The van der Waals surface area contributed by atoms with Crippen LogP contribution in [0.15, 0.2) is 0 Å². The van der Waals surface area contributed by atoms with Crippen LogP contribution in [-0.2, 0) is 14.8 Å². The third-order valence-corrected chi connectivity index (χ3v) is 1.85. The Bertz CT molecular complexity index is 331. The van der Waals surface area contributed by atoms with Crippen LogP contribution in [-0.4, -0.2) is 44.9 Å². The van der Waals surface area contributed by atoms with E-state index in [-0.39, 0.29) is 23.6 Å². The molecule has 0 aliphatic heterocycles. The first-order chi connectivity index (χ1) is 5.88. The van der Waals surface area contributed by atoms with Gasteiger partial charge in [0.25, 0.3) is 0 Å². The number of nitrogens with one attached hydrogen (secondary N) is 1. The Morgan fingerprint density at radius 3 is 1.53 bits per heavy atom. The number of alkyl halides is 6. The molecule has 0 aromatic heterocycles. The molecule has 0 aromatic rings. The summed E-state index contributed by atoms with van der Waals surface area (Å²) in [7, 11) is -6.30. The maximum absolute atomic E-state index is 11.4. The molecule has 0 saturated carbocycles. The molecule has 1 amide bonds. The van der Waals surface area contributed by atoms with Crippen LogP contribution in [0.25, 0.3) is 0 Å². The van der Waals surface area contributed by atoms with E-state index in [0.29, 0.717) is 0 Å². The van der Waals surface area contributed by atoms with Gasteiger partial charge in [-0.15, -0.1) is 0 Å². The second kappa shape index (κ2) is 4.63. The fourth-order valence-electron chi connectivity index (χ4n) is 0.238. The summed E-state index contributed by atoms with van der Waals surface area (Å²) in [4.78, 5) is 9.81. The molecule has 0 aliphatic carbocycles. The van der Waals surface area contributed by atoms with Gasteiger partial charge in [-0.05, 0) is 0 Å². The van der Waals surface area contributed by atoms with E-state index in [0.717, 1.165) is 0 Å². The Hall–Kier alpha value is -0.403. The summed E-state index contributed by atoms with van der Waals surface area (Å²) in [5, 5.41) is 0. The zero-order chi connectivity index (χ0) is 11.8. The SMILES string of the molecule is O=C(NS(=O)(=O)C(F)(F)F)C(F)(F)F.[LiH]. The van der Waals surface area contributed by atoms with Crippen LogP contribution >= 0.6 is 0 Å². The van der Waals surface area contributed by atoms with Gasteiger partial charge >= 0.3 is 46.5 Å². The maximum atomic E-state index is 11.4. The third-order valence-electron chi connectivity index (χ3n) is 0.789. The third kappa shape index (κ3) is 4.76. The molecular weight excluding hydrogens is 251 g/mol. The van der Waals surface area contributed by atoms with Crippen LogP contribution in [0.1, 0.15) is 0 Å². The Morgan fingerprint density at radius 2 is 1.33 bits per heavy atom. The summed E-state index contributed by atoms with van der Waals surface area (Å²) in [5.74, 6) is -3.20. The molecule has 0 aromatic carbocycles. The fraction of sp³-hybridized carbons (Fsp3) is 0.667. The first-order valence-electron chi connectivity index (χ1n) is 2.58. The van der Waals surface area contributed by atoms with Crippen LogP contribution in [0.4, 0.5) is 26.3 Å². The van der Waals surface area contributed by atoms with Crippen molar-refractivity contribution in [3.63, 3.8) is 0 Å². The first-order valence-corrected chi connectivity index (χ1v) is 4.06. The van der Waals surface area contributed by atoms with Gasteiger partial charge in [-0.3, -0.25) is 4.79 Å². The van der Waals surface area contributed by atoms with E-state index >= 15 is 0 Å². The normalized spacial score (nSPS) is 12.9. The van der Waals surface area contributed by atoms with Gasteiger partial charge in [0.15, 0.2) is 0 Å². The van der Waals surface area contributed by atoms with Gasteiger partial charge in [0, 0.05) is 0 Å². The summed E-state index contributed by atoms with van der Waals surface area (Å²) >= 11 is 0. The molecule has 4 nitrogen and oxygen atoms in total. The predicted molar refractivity (Wildman–Crippen MR) is 36.3 cm³/mol. The zero-order valence-corrected chi connectivity index (χ0v) is 6.72. The van der Waals surface area contributed by atoms with Gasteiger partial charge in [0.05, 0.1) is 0 Å². The topological polar surface area (TPSA) is 63.2 Å². The number of carbonyl (C=O) groups is 1. The predicted octanol–water partition coefficient (Wildman–Crippen LogP) is -0.134. The number of amides is 1. The van der Waals surface area contributed by atoms with E-state index in [1.807, 2.05) is 0 Å². The number of carbonyl (C=O) groups excluding carboxylic acids is 1. The molecule has 0 unspecified atom stereocenters. The van der Waals surface area contributed by atoms with E-state index in [2.05, 4.69) is 0 Å². The second-order valence-corrected chi connectivity index (χ2v) is 3.55. The average Bonchev–Trinajstić information content (AvgIpc) is 1.80. The van der Waals surface area contributed by atoms with Gasteiger partial charge in [-0.25, -0.2) is 4.72 Å². The second-order valence-electron chi connectivity index (χ2n) is 1.88. The molecule has 12 heteroatoms. The number of halogens is 6. The Labute approximate surface area is 91.2 Å². The van der Waals surface area contributed by atoms with Crippen LogP contribution < -0.4 is 4.72 Å². The molecule has 0 saturated heterocycles. The molecule has 0 aliphatic rings. The van der Waals surface area contributed by atoms with Crippen molar-refractivity contribution in [2.45, 2.75) is 11.7 Å². The summed E-state index contributed by atoms with van der Waals surface area (Å²) in [6, 6.07) is 0. The van der Waals surface area contributed by atoms with Crippen molar-refractivity contribution >= 4 is 34.8 Å². The Balaban J connectivity index is 0. The molecule has 0 radical (unpaired) electrons. The van der Waals surface area contributed by atoms with Gasteiger partial charge in [-0.1, -0.05) is 0 Å². The van der Waals surface area contributed by atoms with Gasteiger partial charge in [0.1, 0.15) is 0 Å². The van der Waals surface area contributed by atoms with Crippen LogP contribution in [0, 0.1) is 0 Å². The quantitative estimate of drug-likeness (QED) is 0.522. The van der Waals surface area contributed by atoms with Crippen LogP contribution in [0.5, 0.6) is 0 Å². The molecule has 0 bridgehead atoms. The Morgan fingerprint density at radius 1 is 1.00 bits per heavy atom. The Kier molecular flexibility index (Phi) is 5.25. The van der Waals surface area contributed by atoms with Crippen molar-refractivity contribution in [3.8, 4) is 0 Å². The number of rotatable bonds is 1. The summed E-state index contributed by atoms with van der Waals surface area (Å²) in [6.07, 6.45) is -5.70. The van der Waals surface area contributed by atoms with Gasteiger partial charge < -0.3 is 0 Å². The van der Waals surface area contributed by atoms with E-state index in [9.17, 15) is 39.6 Å². The molecule has 0 rings (SSSR count). The molecule has 0 heterocycles. The molecular formula is C3H2F6LiNO3S. The van der Waals surface area contributed by atoms with E-state index in [1.54, 1.807) is 0 Å². The standard InChI is InChI=1S/C3HF6NO3S.Li.H/c4-2(5,6)1(11)10-14(12,13)3(7,8)9;;/h(H,10,11);;. The summed E-state index contributed by atoms with van der Waals surface area (Å²) < 4.78 is 87.9. The molecule has 0 spiro atoms. The fourth-order valence-corrected chi connectivity index (χ4v) is 0.713. The van der Waals surface area contributed by atoms with E-state index in [4.69, 9.17) is 0 Å².